The maximum Gasteiger partial charge on any atom is 0.335 e. The number of hydrogen-bond acceptors (Lipinski definition) is 4. The van der Waals surface area contributed by atoms with Gasteiger partial charge >= 0.3 is 5.97 Å². The lowest BCUT2D eigenvalue weighted by atomic mass is 10.1. The lowest BCUT2D eigenvalue weighted by Gasteiger charge is -2.12. The highest BCUT2D eigenvalue weighted by atomic mass is 32.2. The van der Waals surface area contributed by atoms with Gasteiger partial charge in [-0.2, -0.15) is 0 Å². The van der Waals surface area contributed by atoms with Gasteiger partial charge in [0.05, 0.1) is 23.3 Å². The molecule has 2 N–H and O–H groups in total. The SMILES string of the molecule is COc1cc(S(=O)(=O)Nc2ccccc2C#Cc2ccc(C(=O)O)cc2)cc2ccccc12. The van der Waals surface area contributed by atoms with E-state index in [1.165, 1.54) is 25.3 Å². The minimum Gasteiger partial charge on any atom is -0.496 e. The highest BCUT2D eigenvalue weighted by Crippen LogP contribution is 2.30. The number of fused-ring (bicyclic) bond motifs is 1. The Kier molecular flexibility index (Phi) is 6.03. The summed E-state index contributed by atoms with van der Waals surface area (Å²) in [6.07, 6.45) is 0. The molecule has 4 aromatic carbocycles. The van der Waals surface area contributed by atoms with Crippen LogP contribution < -0.4 is 9.46 Å². The summed E-state index contributed by atoms with van der Waals surface area (Å²) in [5.74, 6) is 5.34. The first kappa shape index (κ1) is 21.9. The molecule has 4 rings (SSSR count). The molecule has 0 aliphatic carbocycles. The van der Waals surface area contributed by atoms with E-state index in [0.717, 1.165) is 10.8 Å². The molecule has 164 valence electrons. The molecule has 0 spiro atoms. The van der Waals surface area contributed by atoms with Gasteiger partial charge in [-0.15, -0.1) is 0 Å². The van der Waals surface area contributed by atoms with Crippen LogP contribution in [-0.2, 0) is 10.0 Å². The van der Waals surface area contributed by atoms with E-state index in [1.807, 2.05) is 24.3 Å². The molecule has 0 atom stereocenters. The standard InChI is InChI=1S/C26H19NO5S/c1-32-25-17-22(16-21-7-2-4-8-23(21)25)33(30,31)27-24-9-5-3-6-19(24)13-10-18-11-14-20(15-12-18)26(28)29/h2-9,11-12,14-17,27H,1H3,(H,28,29). The zero-order valence-corrected chi connectivity index (χ0v) is 18.4. The van der Waals surface area contributed by atoms with Gasteiger partial charge in [-0.1, -0.05) is 48.2 Å². The first-order valence-corrected chi connectivity index (χ1v) is 11.4. The zero-order valence-electron chi connectivity index (χ0n) is 17.6. The van der Waals surface area contributed by atoms with Gasteiger partial charge in [-0.25, -0.2) is 13.2 Å². The minimum atomic E-state index is -3.92. The highest BCUT2D eigenvalue weighted by Gasteiger charge is 2.18. The number of carboxylic acid groups (broad SMARTS) is 1. The number of methoxy groups -OCH3 is 1. The van der Waals surface area contributed by atoms with E-state index in [-0.39, 0.29) is 10.5 Å². The summed E-state index contributed by atoms with van der Waals surface area (Å²) in [5, 5.41) is 10.6. The predicted octanol–water partition coefficient (Wildman–Crippen LogP) is 4.75. The average Bonchev–Trinajstić information content (AvgIpc) is 2.82. The summed E-state index contributed by atoms with van der Waals surface area (Å²) < 4.78 is 34.4. The molecule has 0 aromatic heterocycles. The van der Waals surface area contributed by atoms with Gasteiger partial charge in [-0.05, 0) is 47.9 Å². The van der Waals surface area contributed by atoms with Crippen molar-refractivity contribution in [3.05, 3.63) is 102 Å². The Labute approximate surface area is 191 Å². The normalized spacial score (nSPS) is 10.8. The molecule has 6 nitrogen and oxygen atoms in total. The Morgan fingerprint density at radius 3 is 2.33 bits per heavy atom. The van der Waals surface area contributed by atoms with Crippen LogP contribution in [0.15, 0.2) is 89.8 Å². The van der Waals surface area contributed by atoms with E-state index in [2.05, 4.69) is 16.6 Å². The second-order valence-electron chi connectivity index (χ2n) is 7.13. The van der Waals surface area contributed by atoms with Gasteiger partial charge in [0.1, 0.15) is 5.75 Å². The predicted molar refractivity (Wildman–Crippen MR) is 127 cm³/mol. The number of nitrogens with one attached hydrogen (secondary N) is 1. The molecule has 0 amide bonds. The van der Waals surface area contributed by atoms with Crippen molar-refractivity contribution in [3.8, 4) is 17.6 Å². The molecular formula is C26H19NO5S. The lowest BCUT2D eigenvalue weighted by Crippen LogP contribution is -2.14. The van der Waals surface area contributed by atoms with E-state index >= 15 is 0 Å². The smallest absolute Gasteiger partial charge is 0.335 e. The fourth-order valence-electron chi connectivity index (χ4n) is 3.29. The summed E-state index contributed by atoms with van der Waals surface area (Å²) in [4.78, 5) is 11.1. The first-order chi connectivity index (χ1) is 15.9. The Bertz CT molecular complexity index is 1510. The third-order valence-corrected chi connectivity index (χ3v) is 6.32. The molecule has 0 saturated heterocycles. The van der Waals surface area contributed by atoms with Crippen molar-refractivity contribution in [1.29, 1.82) is 0 Å². The minimum absolute atomic E-state index is 0.0741. The van der Waals surface area contributed by atoms with E-state index in [0.29, 0.717) is 22.6 Å². The third kappa shape index (κ3) is 4.81. The monoisotopic (exact) mass is 457 g/mol. The lowest BCUT2D eigenvalue weighted by molar-refractivity contribution is 0.0697. The Morgan fingerprint density at radius 2 is 1.61 bits per heavy atom. The number of rotatable bonds is 5. The first-order valence-electron chi connectivity index (χ1n) is 9.91. The molecule has 0 saturated carbocycles. The van der Waals surface area contributed by atoms with E-state index < -0.39 is 16.0 Å². The second-order valence-corrected chi connectivity index (χ2v) is 8.81. The molecule has 0 unspecified atom stereocenters. The maximum atomic E-state index is 13.2. The van der Waals surface area contributed by atoms with Crippen molar-refractivity contribution in [1.82, 2.24) is 0 Å². The quantitative estimate of drug-likeness (QED) is 0.422. The third-order valence-electron chi connectivity index (χ3n) is 4.97. The van der Waals surface area contributed by atoms with Crippen LogP contribution in [0, 0.1) is 11.8 Å². The maximum absolute atomic E-state index is 13.2. The Hall–Kier alpha value is -4.28. The number of ether oxygens (including phenoxy) is 1. The van der Waals surface area contributed by atoms with Gasteiger partial charge < -0.3 is 9.84 Å². The summed E-state index contributed by atoms with van der Waals surface area (Å²) in [6.45, 7) is 0. The van der Waals surface area contributed by atoms with E-state index in [9.17, 15) is 13.2 Å². The summed E-state index contributed by atoms with van der Waals surface area (Å²) in [7, 11) is -2.42. The molecule has 0 fully saturated rings. The van der Waals surface area contributed by atoms with Crippen molar-refractivity contribution in [2.24, 2.45) is 0 Å². The zero-order chi connectivity index (χ0) is 23.4. The molecular weight excluding hydrogens is 438 g/mol. The van der Waals surface area contributed by atoms with Crippen molar-refractivity contribution in [3.63, 3.8) is 0 Å². The van der Waals surface area contributed by atoms with Crippen LogP contribution in [0.2, 0.25) is 0 Å². The molecule has 0 radical (unpaired) electrons. The number of anilines is 1. The number of carbonyl (C=O) groups is 1. The largest absolute Gasteiger partial charge is 0.496 e. The van der Waals surface area contributed by atoms with Crippen molar-refractivity contribution >= 4 is 32.5 Å². The van der Waals surface area contributed by atoms with E-state index in [1.54, 1.807) is 42.5 Å². The average molecular weight is 458 g/mol. The number of aromatic carboxylic acids is 1. The molecule has 0 aliphatic rings. The topological polar surface area (TPSA) is 92.7 Å². The van der Waals surface area contributed by atoms with Crippen LogP contribution in [-0.4, -0.2) is 26.6 Å². The second kappa shape index (κ2) is 9.07. The Balaban J connectivity index is 1.67. The van der Waals surface area contributed by atoms with Crippen LogP contribution in [0.5, 0.6) is 5.75 Å². The number of benzene rings is 4. The van der Waals surface area contributed by atoms with Gasteiger partial charge in [-0.3, -0.25) is 4.72 Å². The van der Waals surface area contributed by atoms with Crippen LogP contribution in [0.4, 0.5) is 5.69 Å². The number of hydrogen-bond donors (Lipinski definition) is 2. The fourth-order valence-corrected chi connectivity index (χ4v) is 4.42. The molecule has 0 bridgehead atoms. The van der Waals surface area contributed by atoms with Crippen LogP contribution in [0.1, 0.15) is 21.5 Å². The van der Waals surface area contributed by atoms with Crippen LogP contribution in [0.25, 0.3) is 10.8 Å². The number of carboxylic acids is 1. The molecule has 4 aromatic rings. The molecule has 0 aliphatic heterocycles. The molecule has 0 heterocycles. The fraction of sp³-hybridized carbons (Fsp3) is 0.0385. The molecule has 7 heteroatoms. The number of sulfonamides is 1. The van der Waals surface area contributed by atoms with Crippen LogP contribution >= 0.6 is 0 Å². The van der Waals surface area contributed by atoms with Gasteiger partial charge in [0.2, 0.25) is 0 Å². The van der Waals surface area contributed by atoms with E-state index in [4.69, 9.17) is 9.84 Å². The molecule has 33 heavy (non-hydrogen) atoms. The Morgan fingerprint density at radius 1 is 0.909 bits per heavy atom. The van der Waals surface area contributed by atoms with Crippen LogP contribution in [0.3, 0.4) is 0 Å². The summed E-state index contributed by atoms with van der Waals surface area (Å²) in [6, 6.07) is 23.4. The summed E-state index contributed by atoms with van der Waals surface area (Å²) >= 11 is 0. The van der Waals surface area contributed by atoms with Crippen molar-refractivity contribution in [2.45, 2.75) is 4.90 Å². The van der Waals surface area contributed by atoms with Crippen molar-refractivity contribution < 1.29 is 23.1 Å². The summed E-state index contributed by atoms with van der Waals surface area (Å²) in [5.41, 5.74) is 1.59. The van der Waals surface area contributed by atoms with Gasteiger partial charge in [0.25, 0.3) is 10.0 Å². The highest BCUT2D eigenvalue weighted by molar-refractivity contribution is 7.92. The number of para-hydroxylation sites is 1. The van der Waals surface area contributed by atoms with Gasteiger partial charge in [0, 0.05) is 22.6 Å². The van der Waals surface area contributed by atoms with Crippen molar-refractivity contribution in [2.75, 3.05) is 11.8 Å². The van der Waals surface area contributed by atoms with Gasteiger partial charge in [0.15, 0.2) is 0 Å².